The van der Waals surface area contributed by atoms with Gasteiger partial charge in [0, 0.05) is 61.2 Å². The Labute approximate surface area is 711 Å². The average molecular weight is 1730 g/mol. The number of nitrogens with zero attached hydrogens (tertiary/aromatic N) is 1. The van der Waals surface area contributed by atoms with Crippen LogP contribution in [0.1, 0.15) is 108 Å². The number of phenols is 2. The van der Waals surface area contributed by atoms with E-state index in [0.717, 1.165) is 11.8 Å². The third-order valence-electron chi connectivity index (χ3n) is 19.4. The van der Waals surface area contributed by atoms with E-state index in [1.165, 1.54) is 68.0 Å². The number of phenolic OH excluding ortho intramolecular Hbond substituents is 2. The quantitative estimate of drug-likeness (QED) is 0.0259. The van der Waals surface area contributed by atoms with Crippen molar-refractivity contribution >= 4 is 123 Å². The Morgan fingerprint density at radius 3 is 1.43 bits per heavy atom. The Morgan fingerprint density at radius 2 is 0.919 bits per heavy atom. The van der Waals surface area contributed by atoms with Gasteiger partial charge < -0.3 is 116 Å². The minimum Gasteiger partial charge on any atom is -0.508 e. The monoisotopic (exact) mass is 1730 g/mol. The van der Waals surface area contributed by atoms with Crippen LogP contribution in [0.15, 0.2) is 122 Å². The van der Waals surface area contributed by atoms with Crippen molar-refractivity contribution in [2.45, 2.75) is 184 Å². The maximum Gasteiger partial charge on any atom is 0.305 e. The number of H-pyrrole nitrogens is 2. The first kappa shape index (κ1) is 96.7. The number of imidazole rings is 1. The molecule has 1 fully saturated rings. The molecule has 6 aromatic rings. The summed E-state index contributed by atoms with van der Waals surface area (Å²) in [6.45, 7) is 6.48. The van der Waals surface area contributed by atoms with Crippen LogP contribution in [0.5, 0.6) is 11.5 Å². The molecule has 4 aromatic carbocycles. The summed E-state index contributed by atoms with van der Waals surface area (Å²) in [7, 11) is 0. The second-order valence-corrected chi connectivity index (χ2v) is 31.5. The molecule has 0 bridgehead atoms. The second kappa shape index (κ2) is 48.1. The number of carboxylic acid groups (broad SMARTS) is 2. The number of fused-ring (bicyclic) bond motifs is 1. The molecule has 12 atom stereocenters. The van der Waals surface area contributed by atoms with Crippen molar-refractivity contribution in [1.29, 1.82) is 0 Å². The summed E-state index contributed by atoms with van der Waals surface area (Å²) in [6, 6.07) is 5.71. The smallest absolute Gasteiger partial charge is 0.305 e. The lowest BCUT2D eigenvalue weighted by Crippen LogP contribution is -2.61. The molecule has 0 spiro atoms. The van der Waals surface area contributed by atoms with Crippen LogP contribution < -0.4 is 85.9 Å². The van der Waals surface area contributed by atoms with Crippen LogP contribution in [0, 0.1) is 11.8 Å². The number of primary amides is 1. The zero-order chi connectivity index (χ0) is 90.0. The van der Waals surface area contributed by atoms with Crippen LogP contribution in [0.2, 0.25) is 0 Å². The van der Waals surface area contributed by atoms with Gasteiger partial charge >= 0.3 is 11.9 Å². The Bertz CT molecular complexity index is 4690. The predicted octanol–water partition coefficient (Wildman–Crippen LogP) is -2.71. The van der Waals surface area contributed by atoms with Crippen LogP contribution in [-0.4, -0.2) is 240 Å². The van der Waals surface area contributed by atoms with Gasteiger partial charge in [-0.3, -0.25) is 81.5 Å². The Balaban J connectivity index is 1.28. The predicted molar refractivity (Wildman–Crippen MR) is 446 cm³/mol. The number of amides is 15. The molecular weight excluding hydrogens is 1620 g/mol. The molecule has 2 aromatic heterocycles. The van der Waals surface area contributed by atoms with Gasteiger partial charge in [0.25, 0.3) is 0 Å². The average Bonchev–Trinajstić information content (AvgIpc) is 1.67. The summed E-state index contributed by atoms with van der Waals surface area (Å²) in [6.07, 6.45) is 0.285. The fourth-order valence-electron chi connectivity index (χ4n) is 13.1. The largest absolute Gasteiger partial charge is 0.508 e. The normalized spacial score (nSPS) is 22.6. The van der Waals surface area contributed by atoms with Crippen LogP contribution >= 0.6 is 11.8 Å². The Hall–Kier alpha value is -13.5. The molecule has 1 saturated heterocycles. The number of para-hydroxylation sites is 1. The molecule has 123 heavy (non-hydrogen) atoms. The van der Waals surface area contributed by atoms with Crippen molar-refractivity contribution < 1.29 is 102 Å². The van der Waals surface area contributed by atoms with Crippen LogP contribution in [0.25, 0.3) is 10.9 Å². The number of aromatic amines is 2. The van der Waals surface area contributed by atoms with Gasteiger partial charge in [-0.2, -0.15) is 0 Å². The molecule has 1 aliphatic heterocycles. The SMILES string of the molecule is CC(C)C[C@@H]1NC(=O)[C@H](Cc2ccc(O)cc2)NC(=O)[C@H](CC(=O)O)NC(=O)[C@H](CCCCN)NC(=O)[C@H](CC(C)C)NC(=O)[C@H](Cc2c[nH]c3ccccc23)NC(=O)[C@H](C)NC(=O)[C@H](CC(=O)O)NC(=O)[C@H](Cc2ccccc2)NC(=O)[C@H](Cc2c[nH]cn2)NC(=O)[C@H](Cc2ccc(O)cc2)NC(=O)CSC[C@@H](C(=O)NCC(N)=O)NC(=O)CNC1=O. The van der Waals surface area contributed by atoms with Gasteiger partial charge in [-0.05, 0) is 110 Å². The summed E-state index contributed by atoms with van der Waals surface area (Å²) in [5.41, 5.74) is 13.6. The first-order valence-electron chi connectivity index (χ1n) is 39.8. The molecular formula is C82H107N19O21S. The third kappa shape index (κ3) is 32.5. The summed E-state index contributed by atoms with van der Waals surface area (Å²) >= 11 is 0.734. The minimum atomic E-state index is -2.01. The van der Waals surface area contributed by atoms with Gasteiger partial charge in [-0.15, -0.1) is 11.8 Å². The molecule has 24 N–H and O–H groups in total. The fraction of sp³-hybridized carbons (Fsp3) is 0.439. The molecule has 0 radical (unpaired) electrons. The van der Waals surface area contributed by atoms with Crippen molar-refractivity contribution in [1.82, 2.24) is 89.4 Å². The van der Waals surface area contributed by atoms with Gasteiger partial charge in [-0.25, -0.2) is 4.98 Å². The van der Waals surface area contributed by atoms with Crippen molar-refractivity contribution in [3.63, 3.8) is 0 Å². The van der Waals surface area contributed by atoms with Gasteiger partial charge in [0.2, 0.25) is 88.6 Å². The number of benzene rings is 4. The van der Waals surface area contributed by atoms with Gasteiger partial charge in [0.15, 0.2) is 0 Å². The fourth-order valence-corrected chi connectivity index (χ4v) is 13.9. The number of carboxylic acids is 2. The first-order valence-corrected chi connectivity index (χ1v) is 41.0. The van der Waals surface area contributed by atoms with E-state index in [9.17, 15) is 97.1 Å². The van der Waals surface area contributed by atoms with Crippen molar-refractivity contribution in [3.05, 3.63) is 150 Å². The number of aliphatic carboxylic acids is 2. The van der Waals surface area contributed by atoms with E-state index in [4.69, 9.17) is 11.5 Å². The number of nitrogens with one attached hydrogen (secondary N) is 16. The number of carbonyl (C=O) groups excluding carboxylic acids is 15. The highest BCUT2D eigenvalue weighted by Crippen LogP contribution is 2.22. The van der Waals surface area contributed by atoms with E-state index in [1.807, 2.05) is 0 Å². The van der Waals surface area contributed by atoms with Crippen LogP contribution in [-0.2, 0) is 114 Å². The molecule has 3 heterocycles. The lowest BCUT2D eigenvalue weighted by Gasteiger charge is -2.28. The highest BCUT2D eigenvalue weighted by atomic mass is 32.2. The molecule has 0 unspecified atom stereocenters. The Morgan fingerprint density at radius 1 is 0.480 bits per heavy atom. The standard InChI is InChI=1S/C82H107N19O21S/c1-43(2)27-56-72(112)88-39-67(105)92-65(73(113)87-38-66(84)104)40-123-41-68(106)91-58(30-47-18-22-51(102)23-19-47)77(117)99-62(33-50-37-85-42-89-50)81(121)97-59(29-46-13-7-6-8-14-46)79(119)101-63(34-69(107)108)75(115)90-45(5)71(111)94-61(32-49-36-86-54-16-10-9-15-53(49)54)80(120)96-57(28-44(3)4)76(116)93-55(17-11-12-26-83)74(114)100-64(35-70(109)110)82(122)98-60(78(118)95-56)31-48-20-24-52(103)25-21-48/h6-10,13-16,18-25,36-37,42-45,55-65,86,102-103H,11-12,17,26-35,38-41,83H2,1-5H3,(H2,84,104)(H,85,89)(H,87,113)(H,88,112)(H,90,115)(H,91,106)(H,92,105)(H,93,116)(H,94,111)(H,95,118)(H,96,120)(H,97,121)(H,98,122)(H,99,117)(H,100,114)(H,101,119)(H,107,108)(H,109,110)/t45-,55-,56-,57-,58-,59-,60-,61-,62-,63-,64-,65-/m0/s1. The summed E-state index contributed by atoms with van der Waals surface area (Å²) in [5.74, 6) is -21.1. The van der Waals surface area contributed by atoms with Crippen LogP contribution in [0.3, 0.4) is 0 Å². The molecule has 40 nitrogen and oxygen atoms in total. The zero-order valence-corrected chi connectivity index (χ0v) is 69.2. The molecule has 41 heteroatoms. The topological polar surface area (TPSA) is 636 Å². The second-order valence-electron chi connectivity index (χ2n) is 30.4. The highest BCUT2D eigenvalue weighted by molar-refractivity contribution is 8.00. The highest BCUT2D eigenvalue weighted by Gasteiger charge is 2.39. The summed E-state index contributed by atoms with van der Waals surface area (Å²) in [4.78, 5) is 251. The van der Waals surface area contributed by atoms with E-state index in [2.05, 4.69) is 89.4 Å². The van der Waals surface area contributed by atoms with E-state index in [1.54, 1.807) is 88.5 Å². The van der Waals surface area contributed by atoms with Gasteiger partial charge in [0.1, 0.15) is 84.0 Å². The van der Waals surface area contributed by atoms with Crippen molar-refractivity contribution in [2.24, 2.45) is 23.3 Å². The number of aromatic hydroxyl groups is 2. The molecule has 1 aliphatic rings. The lowest BCUT2D eigenvalue weighted by molar-refractivity contribution is -0.142. The number of aromatic nitrogens is 3. The number of rotatable bonds is 25. The molecule has 7 rings (SSSR count). The molecule has 662 valence electrons. The number of unbranched alkanes of at least 4 members (excludes halogenated alkanes) is 1. The summed E-state index contributed by atoms with van der Waals surface area (Å²) < 4.78 is 0. The molecule has 15 amide bonds. The number of hydrogen-bond donors (Lipinski definition) is 22. The Kier molecular flexibility index (Phi) is 37.8. The summed E-state index contributed by atoms with van der Waals surface area (Å²) in [5, 5.41) is 76.6. The third-order valence-corrected chi connectivity index (χ3v) is 20.4. The van der Waals surface area contributed by atoms with Crippen LogP contribution in [0.4, 0.5) is 0 Å². The minimum absolute atomic E-state index is 0.107. The van der Waals surface area contributed by atoms with Crippen molar-refractivity contribution in [2.75, 3.05) is 31.1 Å². The zero-order valence-electron chi connectivity index (χ0n) is 68.4. The maximum absolute atomic E-state index is 15.0. The maximum atomic E-state index is 15.0. The van der Waals surface area contributed by atoms with E-state index >= 15 is 4.79 Å². The number of nitrogens with two attached hydrogens (primary N) is 2. The molecule has 0 saturated carbocycles. The van der Waals surface area contributed by atoms with Gasteiger partial charge in [-0.1, -0.05) is 100 Å². The van der Waals surface area contributed by atoms with E-state index < -0.39 is 223 Å². The molecule has 0 aliphatic carbocycles. The van der Waals surface area contributed by atoms with Crippen molar-refractivity contribution in [3.8, 4) is 11.5 Å². The number of hydrogen-bond acceptors (Lipinski definition) is 22. The lowest BCUT2D eigenvalue weighted by atomic mass is 9.99. The van der Waals surface area contributed by atoms with E-state index in [0.29, 0.717) is 33.2 Å². The number of thioether (sulfide) groups is 1. The van der Waals surface area contributed by atoms with Gasteiger partial charge in [0.05, 0.1) is 43.7 Å². The first-order chi connectivity index (χ1) is 58.5. The van der Waals surface area contributed by atoms with E-state index in [-0.39, 0.29) is 87.4 Å². The number of carbonyl (C=O) groups is 17.